The Morgan fingerprint density at radius 3 is 1.97 bits per heavy atom. The molecule has 74 heavy (non-hydrogen) atoms. The summed E-state index contributed by atoms with van der Waals surface area (Å²) in [6.45, 7) is 21.2. The Morgan fingerprint density at radius 1 is 0.676 bits per heavy atom. The molecule has 1 N–H and O–H groups in total. The van der Waals surface area contributed by atoms with Crippen molar-refractivity contribution < 1.29 is 4.79 Å². The van der Waals surface area contributed by atoms with Crippen LogP contribution in [0.4, 0.5) is 4.79 Å². The third kappa shape index (κ3) is 16.1. The maximum absolute atomic E-state index is 10.6. The summed E-state index contributed by atoms with van der Waals surface area (Å²) < 4.78 is 4.42. The predicted molar refractivity (Wildman–Crippen MR) is 317 cm³/mol. The maximum atomic E-state index is 10.6. The molecule has 1 saturated carbocycles. The Kier molecular flexibility index (Phi) is 22.5. The number of para-hydroxylation sites is 2. The Bertz CT molecular complexity index is 2500. The number of aryl methyl sites for hydroxylation is 4. The predicted octanol–water partition coefficient (Wildman–Crippen LogP) is 12.8. The van der Waals surface area contributed by atoms with Crippen molar-refractivity contribution in [3.05, 3.63) is 119 Å². The second-order valence-corrected chi connectivity index (χ2v) is 23.2. The zero-order chi connectivity index (χ0) is 53.5. The number of hydrogen-bond donors (Lipinski definition) is 1. The standard InChI is InChI=1S/C11H15N.C11H21N.C11H13N.C10H11N.C9H14N2.C7H15N.C5H10N2O/c1-9-7-10-5-3-4-6-11(10)8-12(9)2;1-9-7-8-10-5-3-4-6-11(10)12(9)2;1-3-10-8-9-6-4-5-7-11(9)12(10)2;1-8-7-11(2)10-6-4-3-5-9(8)10;1-7-5-8-3-4-10-9(8)6-11(7)2;1-7-4-3-5-8(2)6-7;1-4-3-6-5(8)7(4)2/h3-6,9H,7-8H2,1-2H3;9-11H,3-8H2,1-2H3;4-8H,3H2,1-2H3;3-7H,1-2H3;4,7H,3,5-6H2,1-2H3;7H,3-6H2,1-2H3;4H,3H2,1-2H3,(H,6,8). The van der Waals surface area contributed by atoms with E-state index < -0.39 is 0 Å². The van der Waals surface area contributed by atoms with E-state index in [0.717, 1.165) is 56.4 Å². The van der Waals surface area contributed by atoms with E-state index in [0.29, 0.717) is 18.1 Å². The van der Waals surface area contributed by atoms with E-state index in [1.807, 2.05) is 13.1 Å². The van der Waals surface area contributed by atoms with E-state index in [2.05, 4.69) is 208 Å². The molecule has 7 aliphatic rings. The lowest BCUT2D eigenvalue weighted by atomic mass is 9.77. The molecule has 7 unspecified atom stereocenters. The van der Waals surface area contributed by atoms with E-state index in [-0.39, 0.29) is 6.03 Å². The molecule has 12 rings (SSSR count). The summed E-state index contributed by atoms with van der Waals surface area (Å²) >= 11 is 0. The van der Waals surface area contributed by atoms with Gasteiger partial charge in [-0.05, 0) is 185 Å². The fraction of sp³-hybridized carbons (Fsp3) is 0.594. The van der Waals surface area contributed by atoms with Crippen molar-refractivity contribution in [2.75, 3.05) is 61.4 Å². The number of likely N-dealkylation sites (tertiary alicyclic amines) is 2. The summed E-state index contributed by atoms with van der Waals surface area (Å²) in [4.78, 5) is 26.5. The Labute approximate surface area is 449 Å². The number of benzene rings is 3. The third-order valence-corrected chi connectivity index (χ3v) is 17.4. The van der Waals surface area contributed by atoms with Gasteiger partial charge in [0.25, 0.3) is 0 Å². The van der Waals surface area contributed by atoms with E-state index in [9.17, 15) is 4.79 Å². The highest BCUT2D eigenvalue weighted by Gasteiger charge is 2.34. The first-order chi connectivity index (χ1) is 35.4. The minimum atomic E-state index is 0.0394. The first kappa shape index (κ1) is 58.5. The molecule has 3 saturated heterocycles. The molecule has 406 valence electrons. The van der Waals surface area contributed by atoms with Crippen LogP contribution in [0.2, 0.25) is 0 Å². The Balaban J connectivity index is 0.000000141. The number of aromatic nitrogens is 2. The number of carbonyl (C=O) groups is 1. The van der Waals surface area contributed by atoms with Crippen molar-refractivity contribution in [3.8, 4) is 0 Å². The van der Waals surface area contributed by atoms with Crippen LogP contribution in [-0.4, -0.2) is 138 Å². The van der Waals surface area contributed by atoms with Crippen molar-refractivity contribution in [3.63, 3.8) is 0 Å². The Hall–Kier alpha value is -4.74. The van der Waals surface area contributed by atoms with Crippen LogP contribution in [0.25, 0.3) is 21.8 Å². The molecule has 10 nitrogen and oxygen atoms in total. The Morgan fingerprint density at radius 2 is 1.34 bits per heavy atom. The van der Waals surface area contributed by atoms with Crippen molar-refractivity contribution >= 4 is 34.1 Å². The highest BCUT2D eigenvalue weighted by molar-refractivity contribution is 5.83. The van der Waals surface area contributed by atoms with Gasteiger partial charge in [-0.1, -0.05) is 87.4 Å². The van der Waals surface area contributed by atoms with Crippen molar-refractivity contribution in [2.24, 2.45) is 30.9 Å². The second kappa shape index (κ2) is 28.4. The largest absolute Gasteiger partial charge is 0.350 e. The van der Waals surface area contributed by atoms with Crippen LogP contribution < -0.4 is 5.32 Å². The summed E-state index contributed by atoms with van der Waals surface area (Å²) in [7, 11) is 14.9. The number of urea groups is 1. The summed E-state index contributed by atoms with van der Waals surface area (Å²) in [5.74, 6) is 1.98. The lowest BCUT2D eigenvalue weighted by molar-refractivity contribution is 0.0447. The number of hydrogen-bond acceptors (Lipinski definition) is 6. The zero-order valence-electron chi connectivity index (χ0n) is 48.7. The van der Waals surface area contributed by atoms with Gasteiger partial charge < -0.3 is 29.2 Å². The molecule has 0 radical (unpaired) electrons. The molecule has 5 aromatic rings. The number of aliphatic imine (C=N–C) groups is 1. The number of nitrogens with one attached hydrogen (secondary N) is 1. The van der Waals surface area contributed by atoms with Crippen LogP contribution >= 0.6 is 0 Å². The average Bonchev–Trinajstić information content (AvgIpc) is 4.15. The quantitative estimate of drug-likeness (QED) is 0.181. The van der Waals surface area contributed by atoms with Gasteiger partial charge in [0.05, 0.1) is 5.70 Å². The van der Waals surface area contributed by atoms with Gasteiger partial charge in [-0.25, -0.2) is 4.79 Å². The minimum absolute atomic E-state index is 0.0394. The number of rotatable bonds is 1. The fourth-order valence-corrected chi connectivity index (χ4v) is 11.9. The minimum Gasteiger partial charge on any atom is -0.350 e. The number of fused-ring (bicyclic) bond motifs is 4. The lowest BCUT2D eigenvalue weighted by Crippen LogP contribution is -2.48. The number of likely N-dealkylation sites (N-methyl/N-ethyl adjacent to an activating group) is 3. The van der Waals surface area contributed by atoms with Gasteiger partial charge >= 0.3 is 6.03 Å². The van der Waals surface area contributed by atoms with Gasteiger partial charge in [-0.3, -0.25) is 14.8 Å². The first-order valence-corrected chi connectivity index (χ1v) is 28.6. The molecule has 2 aromatic heterocycles. The summed E-state index contributed by atoms with van der Waals surface area (Å²) in [6.07, 6.45) is 20.5. The fourth-order valence-electron chi connectivity index (χ4n) is 11.9. The van der Waals surface area contributed by atoms with Gasteiger partial charge in [-0.15, -0.1) is 0 Å². The molecule has 0 spiro atoms. The zero-order valence-corrected chi connectivity index (χ0v) is 48.7. The first-order valence-electron chi connectivity index (χ1n) is 28.6. The van der Waals surface area contributed by atoms with Gasteiger partial charge in [-0.2, -0.15) is 0 Å². The van der Waals surface area contributed by atoms with Crippen LogP contribution in [0.5, 0.6) is 0 Å². The summed E-state index contributed by atoms with van der Waals surface area (Å²) in [5.41, 5.74) is 11.3. The van der Waals surface area contributed by atoms with E-state index in [1.165, 1.54) is 127 Å². The molecule has 4 fully saturated rings. The number of piperidine rings is 2. The van der Waals surface area contributed by atoms with E-state index >= 15 is 0 Å². The van der Waals surface area contributed by atoms with Gasteiger partial charge in [0.2, 0.25) is 0 Å². The molecule has 0 bridgehead atoms. The molecule has 7 atom stereocenters. The molecule has 3 aromatic carbocycles. The molecule has 8 heterocycles. The number of carbonyl (C=O) groups excluding carboxylic acids is 1. The van der Waals surface area contributed by atoms with Crippen LogP contribution in [0.15, 0.2) is 101 Å². The van der Waals surface area contributed by atoms with Crippen LogP contribution in [-0.2, 0) is 33.5 Å². The highest BCUT2D eigenvalue weighted by Crippen LogP contribution is 2.36. The lowest BCUT2D eigenvalue weighted by Gasteiger charge is -2.45. The van der Waals surface area contributed by atoms with Crippen molar-refractivity contribution in [1.29, 1.82) is 0 Å². The molecule has 1 aliphatic carbocycles. The smallest absolute Gasteiger partial charge is 0.317 e. The third-order valence-electron chi connectivity index (χ3n) is 17.4. The van der Waals surface area contributed by atoms with Gasteiger partial charge in [0.1, 0.15) is 0 Å². The molecule has 10 heteroatoms. The van der Waals surface area contributed by atoms with Gasteiger partial charge in [0, 0.05) is 118 Å². The number of amides is 2. The molecule has 2 amide bonds. The highest BCUT2D eigenvalue weighted by atomic mass is 16.2. The van der Waals surface area contributed by atoms with Crippen molar-refractivity contribution in [2.45, 2.75) is 162 Å². The van der Waals surface area contributed by atoms with E-state index in [1.54, 1.807) is 17.5 Å². The summed E-state index contributed by atoms with van der Waals surface area (Å²) in [6, 6.07) is 31.5. The molecule has 6 aliphatic heterocycles. The van der Waals surface area contributed by atoms with Crippen LogP contribution in [0.1, 0.15) is 128 Å². The topological polar surface area (TPSA) is 67.5 Å². The molecular weight excluding hydrogens is 911 g/mol. The normalized spacial score (nSPS) is 25.6. The monoisotopic (exact) mass is 1010 g/mol. The average molecular weight is 1010 g/mol. The second-order valence-electron chi connectivity index (χ2n) is 23.2. The van der Waals surface area contributed by atoms with E-state index in [4.69, 9.17) is 0 Å². The summed E-state index contributed by atoms with van der Waals surface area (Å²) in [5, 5.41) is 5.41. The SMILES string of the molecule is CC1CC2=C(CN1C)N=CC2.CC1CCC2CCCCC2N1C.CC1CCCN(C)C1.CC1CNC(=O)N1C.CC1Cc2ccccc2CN1C.CCc1cc2ccccc2n1C.Cc1cn(C)c2ccccc12. The maximum Gasteiger partial charge on any atom is 0.317 e. The number of nitrogens with zero attached hydrogens (tertiary/aromatic N) is 8. The van der Waals surface area contributed by atoms with Crippen LogP contribution in [0.3, 0.4) is 0 Å². The van der Waals surface area contributed by atoms with Crippen molar-refractivity contribution in [1.82, 2.24) is 39.0 Å². The molecular formula is C64H99N9O. The van der Waals surface area contributed by atoms with Gasteiger partial charge in [0.15, 0.2) is 0 Å². The van der Waals surface area contributed by atoms with Crippen LogP contribution in [0, 0.1) is 18.8 Å².